The first-order valence-corrected chi connectivity index (χ1v) is 8.86. The third-order valence-corrected chi connectivity index (χ3v) is 4.49. The fourth-order valence-corrected chi connectivity index (χ4v) is 3.22. The van der Waals surface area contributed by atoms with Crippen molar-refractivity contribution in [2.24, 2.45) is 0 Å². The van der Waals surface area contributed by atoms with E-state index in [9.17, 15) is 4.79 Å². The van der Waals surface area contributed by atoms with Crippen molar-refractivity contribution in [2.75, 3.05) is 19.8 Å². The molecule has 26 heavy (non-hydrogen) atoms. The largest absolute Gasteiger partial charge is 0.494 e. The fourth-order valence-electron chi connectivity index (χ4n) is 3.22. The normalized spacial score (nSPS) is 16.2. The van der Waals surface area contributed by atoms with Gasteiger partial charge in [0.05, 0.1) is 24.3 Å². The standard InChI is InChI=1S/C21H22N2O3/c1-2-25-18-11-7-17(8-12-18)20-4-3-13-23(20)21(24)15-26-19-9-5-16(14-22)6-10-19/h5-12,20H,2-4,13,15H2,1H3/t20-/m1/s1. The molecule has 1 aliphatic heterocycles. The molecule has 0 unspecified atom stereocenters. The predicted molar refractivity (Wildman–Crippen MR) is 98.0 cm³/mol. The van der Waals surface area contributed by atoms with E-state index in [4.69, 9.17) is 14.7 Å². The third kappa shape index (κ3) is 4.15. The van der Waals surface area contributed by atoms with Crippen molar-refractivity contribution in [3.05, 3.63) is 59.7 Å². The molecule has 134 valence electrons. The lowest BCUT2D eigenvalue weighted by atomic mass is 10.0. The number of nitrogens with zero attached hydrogens (tertiary/aromatic N) is 2. The SMILES string of the molecule is CCOc1ccc([C@H]2CCCN2C(=O)COc2ccc(C#N)cc2)cc1. The first-order valence-electron chi connectivity index (χ1n) is 8.86. The van der Waals surface area contributed by atoms with Crippen LogP contribution < -0.4 is 9.47 Å². The Morgan fingerprint density at radius 3 is 2.42 bits per heavy atom. The maximum absolute atomic E-state index is 12.6. The van der Waals surface area contributed by atoms with Crippen LogP contribution in [-0.2, 0) is 4.79 Å². The molecular formula is C21H22N2O3. The van der Waals surface area contributed by atoms with Gasteiger partial charge in [0.15, 0.2) is 6.61 Å². The Morgan fingerprint density at radius 1 is 1.12 bits per heavy atom. The van der Waals surface area contributed by atoms with Gasteiger partial charge in [-0.2, -0.15) is 5.26 Å². The van der Waals surface area contributed by atoms with Crippen molar-refractivity contribution in [1.82, 2.24) is 4.90 Å². The van der Waals surface area contributed by atoms with Gasteiger partial charge in [-0.05, 0) is 61.7 Å². The number of carbonyl (C=O) groups is 1. The van der Waals surface area contributed by atoms with Crippen LogP contribution in [-0.4, -0.2) is 30.6 Å². The first kappa shape index (κ1) is 17.8. The van der Waals surface area contributed by atoms with Crippen molar-refractivity contribution < 1.29 is 14.3 Å². The quantitative estimate of drug-likeness (QED) is 0.797. The summed E-state index contributed by atoms with van der Waals surface area (Å²) < 4.78 is 11.1. The molecule has 3 rings (SSSR count). The van der Waals surface area contributed by atoms with E-state index >= 15 is 0 Å². The Morgan fingerprint density at radius 2 is 1.77 bits per heavy atom. The average molecular weight is 350 g/mol. The zero-order chi connectivity index (χ0) is 18.4. The van der Waals surface area contributed by atoms with Crippen molar-refractivity contribution in [2.45, 2.75) is 25.8 Å². The highest BCUT2D eigenvalue weighted by molar-refractivity contribution is 5.78. The molecule has 1 fully saturated rings. The Hall–Kier alpha value is -3.00. The molecule has 0 radical (unpaired) electrons. The van der Waals surface area contributed by atoms with Crippen LogP contribution in [0.15, 0.2) is 48.5 Å². The maximum atomic E-state index is 12.6. The zero-order valence-electron chi connectivity index (χ0n) is 14.9. The third-order valence-electron chi connectivity index (χ3n) is 4.49. The van der Waals surface area contributed by atoms with E-state index in [0.717, 1.165) is 30.7 Å². The van der Waals surface area contributed by atoms with Crippen molar-refractivity contribution in [1.29, 1.82) is 5.26 Å². The molecule has 0 spiro atoms. The summed E-state index contributed by atoms with van der Waals surface area (Å²) in [5.41, 5.74) is 1.69. The minimum atomic E-state index is -0.0225. The smallest absolute Gasteiger partial charge is 0.261 e. The zero-order valence-corrected chi connectivity index (χ0v) is 14.9. The van der Waals surface area contributed by atoms with E-state index in [0.29, 0.717) is 17.9 Å². The monoisotopic (exact) mass is 350 g/mol. The Kier molecular flexibility index (Phi) is 5.75. The Balaban J connectivity index is 1.61. The lowest BCUT2D eigenvalue weighted by molar-refractivity contribution is -0.134. The van der Waals surface area contributed by atoms with Gasteiger partial charge in [0.2, 0.25) is 0 Å². The number of rotatable bonds is 6. The number of hydrogen-bond donors (Lipinski definition) is 0. The summed E-state index contributed by atoms with van der Waals surface area (Å²) in [4.78, 5) is 14.5. The van der Waals surface area contributed by atoms with Gasteiger partial charge >= 0.3 is 0 Å². The maximum Gasteiger partial charge on any atom is 0.261 e. The minimum Gasteiger partial charge on any atom is -0.494 e. The van der Waals surface area contributed by atoms with Crippen LogP contribution in [0, 0.1) is 11.3 Å². The Bertz CT molecular complexity index is 778. The van der Waals surface area contributed by atoms with Crippen LogP contribution in [0.5, 0.6) is 11.5 Å². The van der Waals surface area contributed by atoms with E-state index in [2.05, 4.69) is 6.07 Å². The lowest BCUT2D eigenvalue weighted by Crippen LogP contribution is -2.34. The molecule has 1 atom stereocenters. The molecule has 0 aromatic heterocycles. The molecule has 2 aromatic carbocycles. The van der Waals surface area contributed by atoms with Crippen LogP contribution in [0.4, 0.5) is 0 Å². The second-order valence-electron chi connectivity index (χ2n) is 6.17. The molecule has 1 heterocycles. The van der Waals surface area contributed by atoms with E-state index in [1.54, 1.807) is 24.3 Å². The molecule has 0 aliphatic carbocycles. The molecule has 1 saturated heterocycles. The molecule has 0 saturated carbocycles. The van der Waals surface area contributed by atoms with Crippen LogP contribution in [0.1, 0.15) is 36.9 Å². The summed E-state index contributed by atoms with van der Waals surface area (Å²) in [6.45, 7) is 3.34. The van der Waals surface area contributed by atoms with Crippen molar-refractivity contribution in [3.8, 4) is 17.6 Å². The summed E-state index contributed by atoms with van der Waals surface area (Å²) >= 11 is 0. The highest BCUT2D eigenvalue weighted by Crippen LogP contribution is 2.32. The van der Waals surface area contributed by atoms with Gasteiger partial charge in [-0.15, -0.1) is 0 Å². The highest BCUT2D eigenvalue weighted by Gasteiger charge is 2.30. The number of ether oxygens (including phenoxy) is 2. The summed E-state index contributed by atoms with van der Waals surface area (Å²) in [5, 5.41) is 8.82. The Labute approximate surface area is 153 Å². The van der Waals surface area contributed by atoms with Gasteiger partial charge < -0.3 is 14.4 Å². The second kappa shape index (κ2) is 8.39. The summed E-state index contributed by atoms with van der Waals surface area (Å²) in [6, 6.07) is 16.9. The molecule has 0 N–H and O–H groups in total. The van der Waals surface area contributed by atoms with Gasteiger partial charge in [0.1, 0.15) is 11.5 Å². The number of amides is 1. The van der Waals surface area contributed by atoms with Gasteiger partial charge in [0.25, 0.3) is 5.91 Å². The van der Waals surface area contributed by atoms with Crippen LogP contribution >= 0.6 is 0 Å². The highest BCUT2D eigenvalue weighted by atomic mass is 16.5. The van der Waals surface area contributed by atoms with Gasteiger partial charge in [-0.25, -0.2) is 0 Å². The second-order valence-corrected chi connectivity index (χ2v) is 6.17. The molecule has 0 bridgehead atoms. The van der Waals surface area contributed by atoms with E-state index in [1.165, 1.54) is 0 Å². The lowest BCUT2D eigenvalue weighted by Gasteiger charge is -2.25. The number of likely N-dealkylation sites (tertiary alicyclic amines) is 1. The summed E-state index contributed by atoms with van der Waals surface area (Å²) in [6.07, 6.45) is 1.94. The van der Waals surface area contributed by atoms with Crippen molar-refractivity contribution >= 4 is 5.91 Å². The number of hydrogen-bond acceptors (Lipinski definition) is 4. The minimum absolute atomic E-state index is 0.000566. The fraction of sp³-hybridized carbons (Fsp3) is 0.333. The molecule has 5 heteroatoms. The molecule has 1 amide bonds. The average Bonchev–Trinajstić information content (AvgIpc) is 3.17. The molecule has 5 nitrogen and oxygen atoms in total. The number of benzene rings is 2. The topological polar surface area (TPSA) is 62.6 Å². The summed E-state index contributed by atoms with van der Waals surface area (Å²) in [5.74, 6) is 1.41. The van der Waals surface area contributed by atoms with Crippen LogP contribution in [0.25, 0.3) is 0 Å². The number of nitriles is 1. The van der Waals surface area contributed by atoms with E-state index in [1.807, 2.05) is 36.1 Å². The van der Waals surface area contributed by atoms with E-state index in [-0.39, 0.29) is 18.6 Å². The summed E-state index contributed by atoms with van der Waals surface area (Å²) in [7, 11) is 0. The van der Waals surface area contributed by atoms with Crippen LogP contribution in [0.3, 0.4) is 0 Å². The molecule has 1 aliphatic rings. The van der Waals surface area contributed by atoms with Gasteiger partial charge in [0, 0.05) is 6.54 Å². The first-order chi connectivity index (χ1) is 12.7. The van der Waals surface area contributed by atoms with Gasteiger partial charge in [-0.3, -0.25) is 4.79 Å². The van der Waals surface area contributed by atoms with E-state index < -0.39 is 0 Å². The van der Waals surface area contributed by atoms with Gasteiger partial charge in [-0.1, -0.05) is 12.1 Å². The van der Waals surface area contributed by atoms with Crippen LogP contribution in [0.2, 0.25) is 0 Å². The predicted octanol–water partition coefficient (Wildman–Crippen LogP) is 3.70. The van der Waals surface area contributed by atoms with Crippen molar-refractivity contribution in [3.63, 3.8) is 0 Å². The molecule has 2 aromatic rings. The number of carbonyl (C=O) groups excluding carboxylic acids is 1. The molecular weight excluding hydrogens is 328 g/mol.